The number of nitrogens with zero attached hydrogens (tertiary/aromatic N) is 3. The average molecular weight is 448 g/mol. The molecule has 7 nitrogen and oxygen atoms in total. The number of pyridine rings is 1. The number of rotatable bonds is 7. The zero-order valence-electron chi connectivity index (χ0n) is 19.9. The van der Waals surface area contributed by atoms with Crippen molar-refractivity contribution in [3.63, 3.8) is 0 Å². The first kappa shape index (κ1) is 23.0. The van der Waals surface area contributed by atoms with Crippen molar-refractivity contribution in [2.75, 3.05) is 5.32 Å². The van der Waals surface area contributed by atoms with Crippen molar-refractivity contribution in [1.82, 2.24) is 19.9 Å². The van der Waals surface area contributed by atoms with Gasteiger partial charge in [0.1, 0.15) is 5.78 Å². The number of nitrogens with one attached hydrogen (secondary N) is 2. The molecule has 0 saturated heterocycles. The van der Waals surface area contributed by atoms with Gasteiger partial charge in [-0.15, -0.1) is 0 Å². The number of aromatic nitrogens is 3. The Kier molecular flexibility index (Phi) is 6.77. The molecule has 1 fully saturated rings. The Balaban J connectivity index is 1.60. The first-order valence-electron chi connectivity index (χ1n) is 11.8. The van der Waals surface area contributed by atoms with Gasteiger partial charge in [0, 0.05) is 42.7 Å². The highest BCUT2D eigenvalue weighted by molar-refractivity contribution is 6.03. The molecule has 1 amide bonds. The second-order valence-corrected chi connectivity index (χ2v) is 9.58. The third kappa shape index (κ3) is 5.24. The molecule has 3 heterocycles. The third-order valence-corrected chi connectivity index (χ3v) is 6.40. The molecule has 4 rings (SSSR count). The molecule has 1 aliphatic carbocycles. The van der Waals surface area contributed by atoms with E-state index >= 15 is 0 Å². The van der Waals surface area contributed by atoms with E-state index in [1.165, 1.54) is 0 Å². The Hall–Kier alpha value is -3.22. The van der Waals surface area contributed by atoms with E-state index < -0.39 is 0 Å². The molecular weight excluding hydrogens is 414 g/mol. The van der Waals surface area contributed by atoms with E-state index in [0.29, 0.717) is 17.9 Å². The fourth-order valence-corrected chi connectivity index (χ4v) is 4.79. The number of ketones is 1. The smallest absolute Gasteiger partial charge is 0.255 e. The van der Waals surface area contributed by atoms with Crippen LogP contribution in [0, 0.1) is 12.8 Å². The van der Waals surface area contributed by atoms with Gasteiger partial charge in [-0.2, -0.15) is 5.10 Å². The van der Waals surface area contributed by atoms with Crippen molar-refractivity contribution < 1.29 is 9.59 Å². The summed E-state index contributed by atoms with van der Waals surface area (Å²) >= 11 is 0. The van der Waals surface area contributed by atoms with Gasteiger partial charge in [-0.3, -0.25) is 9.78 Å². The topological polar surface area (TPSA) is 88.4 Å². The van der Waals surface area contributed by atoms with Gasteiger partial charge in [0.2, 0.25) is 0 Å². The molecule has 0 bridgehead atoms. The molecule has 3 aromatic heterocycles. The van der Waals surface area contributed by atoms with E-state index in [0.717, 1.165) is 53.6 Å². The van der Waals surface area contributed by atoms with Gasteiger partial charge in [0.15, 0.2) is 0 Å². The highest BCUT2D eigenvalue weighted by atomic mass is 16.1. The SMILES string of the molecule is CC(=O)CC1CCC(NC(=O)c2cnn3cc(-c4ccncc4C)cc3c2NC(C)C)CC1. The predicted octanol–water partition coefficient (Wildman–Crippen LogP) is 4.79. The summed E-state index contributed by atoms with van der Waals surface area (Å²) in [4.78, 5) is 28.9. The number of Topliss-reactive ketones (excluding diaryl/α,β-unsaturated/α-hetero) is 1. The number of anilines is 1. The summed E-state index contributed by atoms with van der Waals surface area (Å²) in [7, 11) is 0. The lowest BCUT2D eigenvalue weighted by Crippen LogP contribution is -2.38. The minimum atomic E-state index is -0.106. The second kappa shape index (κ2) is 9.73. The summed E-state index contributed by atoms with van der Waals surface area (Å²) in [5, 5.41) is 11.2. The Morgan fingerprint density at radius 2 is 1.94 bits per heavy atom. The molecule has 0 aliphatic heterocycles. The van der Waals surface area contributed by atoms with Crippen LogP contribution in [0.25, 0.3) is 16.6 Å². The Labute approximate surface area is 195 Å². The van der Waals surface area contributed by atoms with E-state index in [1.54, 1.807) is 19.3 Å². The lowest BCUT2D eigenvalue weighted by molar-refractivity contribution is -0.118. The van der Waals surface area contributed by atoms with Crippen molar-refractivity contribution in [1.29, 1.82) is 0 Å². The largest absolute Gasteiger partial charge is 0.380 e. The molecule has 0 atom stereocenters. The number of amides is 1. The van der Waals surface area contributed by atoms with Crippen LogP contribution < -0.4 is 10.6 Å². The number of carbonyl (C=O) groups excluding carboxylic acids is 2. The van der Waals surface area contributed by atoms with Crippen LogP contribution in [0.15, 0.2) is 36.9 Å². The molecule has 33 heavy (non-hydrogen) atoms. The van der Waals surface area contributed by atoms with E-state index in [9.17, 15) is 9.59 Å². The number of hydrogen-bond donors (Lipinski definition) is 2. The molecule has 0 unspecified atom stereocenters. The van der Waals surface area contributed by atoms with Crippen LogP contribution in [-0.4, -0.2) is 38.4 Å². The zero-order chi connectivity index (χ0) is 23.5. The van der Waals surface area contributed by atoms with Crippen molar-refractivity contribution in [3.8, 4) is 11.1 Å². The zero-order valence-corrected chi connectivity index (χ0v) is 19.9. The summed E-state index contributed by atoms with van der Waals surface area (Å²) in [5.41, 5.74) is 5.44. The van der Waals surface area contributed by atoms with Gasteiger partial charge in [0.05, 0.1) is 23.0 Å². The van der Waals surface area contributed by atoms with E-state index in [2.05, 4.69) is 40.6 Å². The summed E-state index contributed by atoms with van der Waals surface area (Å²) in [6.07, 6.45) is 11.7. The van der Waals surface area contributed by atoms with Gasteiger partial charge in [-0.1, -0.05) is 0 Å². The molecule has 0 aromatic carbocycles. The summed E-state index contributed by atoms with van der Waals surface area (Å²) < 4.78 is 1.82. The van der Waals surface area contributed by atoms with E-state index in [1.807, 2.05) is 29.9 Å². The van der Waals surface area contributed by atoms with Crippen LogP contribution in [0.2, 0.25) is 0 Å². The highest BCUT2D eigenvalue weighted by Crippen LogP contribution is 2.31. The maximum absolute atomic E-state index is 13.3. The molecule has 2 N–H and O–H groups in total. The van der Waals surface area contributed by atoms with Gasteiger partial charge in [-0.25, -0.2) is 4.52 Å². The van der Waals surface area contributed by atoms with Gasteiger partial charge in [0.25, 0.3) is 5.91 Å². The standard InChI is InChI=1S/C26H33N5O2/c1-16(2)29-25-23(26(33)30-21-7-5-19(6-8-21)11-18(4)32)14-28-31-15-20(12-24(25)31)22-9-10-27-13-17(22)3/h9-10,12-16,19,21,29H,5-8,11H2,1-4H3,(H,30,33). The predicted molar refractivity (Wildman–Crippen MR) is 130 cm³/mol. The first-order chi connectivity index (χ1) is 15.8. The van der Waals surface area contributed by atoms with E-state index in [-0.39, 0.29) is 23.8 Å². The minimum Gasteiger partial charge on any atom is -0.380 e. The van der Waals surface area contributed by atoms with Crippen LogP contribution in [-0.2, 0) is 4.79 Å². The number of carbonyl (C=O) groups is 2. The number of aryl methyl sites for hydroxylation is 1. The molecule has 0 radical (unpaired) electrons. The lowest BCUT2D eigenvalue weighted by Gasteiger charge is -2.29. The monoisotopic (exact) mass is 447 g/mol. The Morgan fingerprint density at radius 1 is 1.18 bits per heavy atom. The van der Waals surface area contributed by atoms with Crippen LogP contribution in [0.5, 0.6) is 0 Å². The van der Waals surface area contributed by atoms with Gasteiger partial charge >= 0.3 is 0 Å². The summed E-state index contributed by atoms with van der Waals surface area (Å²) in [6, 6.07) is 4.36. The summed E-state index contributed by atoms with van der Waals surface area (Å²) in [6.45, 7) is 7.82. The van der Waals surface area contributed by atoms with Crippen LogP contribution >= 0.6 is 0 Å². The molecule has 7 heteroatoms. The normalized spacial score (nSPS) is 18.5. The molecule has 1 saturated carbocycles. The minimum absolute atomic E-state index is 0.106. The van der Waals surface area contributed by atoms with Crippen LogP contribution in [0.1, 0.15) is 68.8 Å². The lowest BCUT2D eigenvalue weighted by atomic mass is 9.83. The van der Waals surface area contributed by atoms with Crippen molar-refractivity contribution >= 4 is 22.9 Å². The first-order valence-corrected chi connectivity index (χ1v) is 11.8. The number of hydrogen-bond acceptors (Lipinski definition) is 5. The average Bonchev–Trinajstić information content (AvgIpc) is 3.19. The van der Waals surface area contributed by atoms with Crippen LogP contribution in [0.4, 0.5) is 5.69 Å². The fourth-order valence-electron chi connectivity index (χ4n) is 4.79. The molecule has 3 aromatic rings. The number of fused-ring (bicyclic) bond motifs is 1. The third-order valence-electron chi connectivity index (χ3n) is 6.40. The van der Waals surface area contributed by atoms with E-state index in [4.69, 9.17) is 0 Å². The fraction of sp³-hybridized carbons (Fsp3) is 0.462. The van der Waals surface area contributed by atoms with Gasteiger partial charge in [-0.05, 0) is 82.6 Å². The Morgan fingerprint density at radius 3 is 2.61 bits per heavy atom. The summed E-state index contributed by atoms with van der Waals surface area (Å²) in [5.74, 6) is 0.591. The van der Waals surface area contributed by atoms with Crippen molar-refractivity contribution in [3.05, 3.63) is 48.0 Å². The highest BCUT2D eigenvalue weighted by Gasteiger charge is 2.25. The Bertz CT molecular complexity index is 1160. The molecule has 174 valence electrons. The van der Waals surface area contributed by atoms with Crippen molar-refractivity contribution in [2.45, 2.75) is 71.9 Å². The maximum Gasteiger partial charge on any atom is 0.255 e. The van der Waals surface area contributed by atoms with Crippen molar-refractivity contribution in [2.24, 2.45) is 5.92 Å². The van der Waals surface area contributed by atoms with Crippen LogP contribution in [0.3, 0.4) is 0 Å². The molecule has 0 spiro atoms. The quantitative estimate of drug-likeness (QED) is 0.543. The van der Waals surface area contributed by atoms with Gasteiger partial charge < -0.3 is 15.4 Å². The molecule has 1 aliphatic rings. The second-order valence-electron chi connectivity index (χ2n) is 9.58. The maximum atomic E-state index is 13.3. The molecular formula is C26H33N5O2.